The Hall–Kier alpha value is -2.05. The van der Waals surface area contributed by atoms with Crippen LogP contribution in [0.15, 0.2) is 24.4 Å². The predicted octanol–water partition coefficient (Wildman–Crippen LogP) is 2.36. The van der Waals surface area contributed by atoms with E-state index >= 15 is 0 Å². The zero-order chi connectivity index (χ0) is 13.3. The first-order valence-corrected chi connectivity index (χ1v) is 5.06. The lowest BCUT2D eigenvalue weighted by Crippen LogP contribution is -2.21. The molecular weight excluding hydrogens is 249 g/mol. The van der Waals surface area contributed by atoms with Gasteiger partial charge in [0.25, 0.3) is 0 Å². The summed E-state index contributed by atoms with van der Waals surface area (Å²) in [6, 6.07) is 5.01. The summed E-state index contributed by atoms with van der Waals surface area (Å²) >= 11 is 0. The Morgan fingerprint density at radius 3 is 2.83 bits per heavy atom. The van der Waals surface area contributed by atoms with Crippen molar-refractivity contribution in [3.8, 4) is 0 Å². The molecule has 0 amide bonds. The fraction of sp³-hybridized carbons (Fsp3) is 0.273. The summed E-state index contributed by atoms with van der Waals surface area (Å²) in [6.45, 7) is -0.0669. The SMILES string of the molecule is Cc1nc2ccccn2c1C(=O)OCC(F)(F)F. The monoisotopic (exact) mass is 258 g/mol. The van der Waals surface area contributed by atoms with Crippen LogP contribution in [0.1, 0.15) is 16.2 Å². The van der Waals surface area contributed by atoms with Gasteiger partial charge in [-0.1, -0.05) is 6.07 Å². The molecule has 0 aliphatic carbocycles. The summed E-state index contributed by atoms with van der Waals surface area (Å²) in [5.74, 6) is -1.04. The molecule has 0 atom stereocenters. The van der Waals surface area contributed by atoms with Crippen LogP contribution >= 0.6 is 0 Å². The molecule has 2 aromatic rings. The largest absolute Gasteiger partial charge is 0.451 e. The molecule has 0 bridgehead atoms. The van der Waals surface area contributed by atoms with Gasteiger partial charge in [-0.15, -0.1) is 0 Å². The summed E-state index contributed by atoms with van der Waals surface area (Å²) in [6.07, 6.45) is -3.00. The molecule has 7 heteroatoms. The zero-order valence-electron chi connectivity index (χ0n) is 9.36. The number of imidazole rings is 1. The van der Waals surface area contributed by atoms with E-state index < -0.39 is 18.8 Å². The maximum atomic E-state index is 12.0. The standard InChI is InChI=1S/C11H9F3N2O2/c1-7-9(10(17)18-6-11(12,13)14)16-5-3-2-4-8(16)15-7/h2-5H,6H2,1H3. The Balaban J connectivity index is 2.30. The molecule has 4 nitrogen and oxygen atoms in total. The van der Waals surface area contributed by atoms with E-state index in [1.807, 2.05) is 0 Å². The number of rotatable bonds is 2. The first-order valence-electron chi connectivity index (χ1n) is 5.06. The van der Waals surface area contributed by atoms with E-state index in [0.717, 1.165) is 0 Å². The number of fused-ring (bicyclic) bond motifs is 1. The highest BCUT2D eigenvalue weighted by atomic mass is 19.4. The lowest BCUT2D eigenvalue weighted by Gasteiger charge is -2.07. The van der Waals surface area contributed by atoms with E-state index in [1.54, 1.807) is 24.4 Å². The van der Waals surface area contributed by atoms with E-state index in [2.05, 4.69) is 9.72 Å². The van der Waals surface area contributed by atoms with E-state index in [9.17, 15) is 18.0 Å². The first-order chi connectivity index (χ1) is 8.38. The van der Waals surface area contributed by atoms with E-state index in [0.29, 0.717) is 11.3 Å². The third-order valence-corrected chi connectivity index (χ3v) is 2.26. The van der Waals surface area contributed by atoms with Crippen LogP contribution < -0.4 is 0 Å². The molecule has 2 rings (SSSR count). The molecule has 0 unspecified atom stereocenters. The molecule has 2 heterocycles. The molecule has 0 aromatic carbocycles. The van der Waals surface area contributed by atoms with Crippen molar-refractivity contribution in [2.24, 2.45) is 0 Å². The molecule has 96 valence electrons. The number of alkyl halides is 3. The number of ether oxygens (including phenoxy) is 1. The molecule has 2 aromatic heterocycles. The number of hydrogen-bond donors (Lipinski definition) is 0. The van der Waals surface area contributed by atoms with Crippen molar-refractivity contribution >= 4 is 11.6 Å². The lowest BCUT2D eigenvalue weighted by atomic mass is 10.3. The average molecular weight is 258 g/mol. The summed E-state index contributed by atoms with van der Waals surface area (Å²) < 4.78 is 41.5. The summed E-state index contributed by atoms with van der Waals surface area (Å²) in [4.78, 5) is 15.7. The maximum Gasteiger partial charge on any atom is 0.422 e. The average Bonchev–Trinajstić information content (AvgIpc) is 2.61. The Labute approximate surface area is 100 Å². The highest BCUT2D eigenvalue weighted by Gasteiger charge is 2.30. The third-order valence-electron chi connectivity index (χ3n) is 2.26. The molecule has 0 radical (unpaired) electrons. The van der Waals surface area contributed by atoms with Crippen molar-refractivity contribution < 1.29 is 22.7 Å². The Morgan fingerprint density at radius 2 is 2.17 bits per heavy atom. The fourth-order valence-electron chi connectivity index (χ4n) is 1.58. The number of carbonyl (C=O) groups excluding carboxylic acids is 1. The minimum Gasteiger partial charge on any atom is -0.451 e. The Bertz CT molecular complexity index is 589. The van der Waals surface area contributed by atoms with Gasteiger partial charge in [0.2, 0.25) is 0 Å². The number of pyridine rings is 1. The molecule has 0 saturated carbocycles. The number of aromatic nitrogens is 2. The topological polar surface area (TPSA) is 43.6 Å². The van der Waals surface area contributed by atoms with Crippen molar-refractivity contribution in [3.05, 3.63) is 35.8 Å². The number of hydrogen-bond acceptors (Lipinski definition) is 3. The zero-order valence-corrected chi connectivity index (χ0v) is 9.36. The van der Waals surface area contributed by atoms with Gasteiger partial charge in [0.05, 0.1) is 5.69 Å². The molecule has 0 spiro atoms. The summed E-state index contributed by atoms with van der Waals surface area (Å²) in [5.41, 5.74) is 0.817. The summed E-state index contributed by atoms with van der Waals surface area (Å²) in [7, 11) is 0. The Kier molecular flexibility index (Phi) is 2.98. The smallest absolute Gasteiger partial charge is 0.422 e. The van der Waals surface area contributed by atoms with Crippen LogP contribution in [0.2, 0.25) is 0 Å². The fourth-order valence-corrected chi connectivity index (χ4v) is 1.58. The maximum absolute atomic E-state index is 12.0. The van der Waals surface area contributed by atoms with Gasteiger partial charge in [0.1, 0.15) is 5.65 Å². The molecule has 18 heavy (non-hydrogen) atoms. The highest BCUT2D eigenvalue weighted by Crippen LogP contribution is 2.17. The van der Waals surface area contributed by atoms with Crippen LogP contribution in [0.5, 0.6) is 0 Å². The number of nitrogens with zero attached hydrogens (tertiary/aromatic N) is 2. The molecule has 0 aliphatic heterocycles. The third kappa shape index (κ3) is 2.44. The van der Waals surface area contributed by atoms with Crippen molar-refractivity contribution in [2.45, 2.75) is 13.1 Å². The number of carbonyl (C=O) groups is 1. The van der Waals surface area contributed by atoms with Crippen molar-refractivity contribution in [3.63, 3.8) is 0 Å². The quantitative estimate of drug-likeness (QED) is 0.777. The van der Waals surface area contributed by atoms with Crippen LogP contribution in [0, 0.1) is 6.92 Å². The lowest BCUT2D eigenvalue weighted by molar-refractivity contribution is -0.161. The second kappa shape index (κ2) is 4.32. The molecule has 0 fully saturated rings. The van der Waals surface area contributed by atoms with Crippen molar-refractivity contribution in [2.75, 3.05) is 6.61 Å². The molecule has 0 N–H and O–H groups in total. The molecular formula is C11H9F3N2O2. The van der Waals surface area contributed by atoms with E-state index in [-0.39, 0.29) is 5.69 Å². The van der Waals surface area contributed by atoms with E-state index in [1.165, 1.54) is 11.3 Å². The second-order valence-electron chi connectivity index (χ2n) is 3.67. The first kappa shape index (κ1) is 12.4. The second-order valence-corrected chi connectivity index (χ2v) is 3.67. The predicted molar refractivity (Wildman–Crippen MR) is 56.3 cm³/mol. The number of esters is 1. The van der Waals surface area contributed by atoms with Gasteiger partial charge >= 0.3 is 12.1 Å². The normalized spacial score (nSPS) is 11.8. The summed E-state index contributed by atoms with van der Waals surface area (Å²) in [5, 5.41) is 0. The van der Waals surface area contributed by atoms with Crippen LogP contribution in [-0.4, -0.2) is 28.1 Å². The molecule has 0 aliphatic rings. The van der Waals surface area contributed by atoms with Gasteiger partial charge in [-0.25, -0.2) is 9.78 Å². The minimum atomic E-state index is -4.54. The van der Waals surface area contributed by atoms with E-state index in [4.69, 9.17) is 0 Å². The minimum absolute atomic E-state index is 0.00912. The highest BCUT2D eigenvalue weighted by molar-refractivity contribution is 5.90. The van der Waals surface area contributed by atoms with Crippen molar-refractivity contribution in [1.29, 1.82) is 0 Å². The van der Waals surface area contributed by atoms with Gasteiger partial charge in [-0.3, -0.25) is 4.40 Å². The van der Waals surface area contributed by atoms with Crippen LogP contribution in [0.4, 0.5) is 13.2 Å². The van der Waals surface area contributed by atoms with Crippen LogP contribution in [0.25, 0.3) is 5.65 Å². The van der Waals surface area contributed by atoms with Crippen LogP contribution in [-0.2, 0) is 4.74 Å². The van der Waals surface area contributed by atoms with Crippen molar-refractivity contribution in [1.82, 2.24) is 9.38 Å². The number of halogens is 3. The van der Waals surface area contributed by atoms with Gasteiger partial charge in [0.15, 0.2) is 12.3 Å². The van der Waals surface area contributed by atoms with Gasteiger partial charge < -0.3 is 4.74 Å². The molecule has 0 saturated heterocycles. The van der Waals surface area contributed by atoms with Gasteiger partial charge in [0, 0.05) is 6.20 Å². The Morgan fingerprint density at radius 1 is 1.44 bits per heavy atom. The van der Waals surface area contributed by atoms with Crippen LogP contribution in [0.3, 0.4) is 0 Å². The van der Waals surface area contributed by atoms with Gasteiger partial charge in [-0.05, 0) is 19.1 Å². The van der Waals surface area contributed by atoms with Gasteiger partial charge in [-0.2, -0.15) is 13.2 Å². The number of aryl methyl sites for hydroxylation is 1.